The average Bonchev–Trinajstić information content (AvgIpc) is 2.05. The molecule has 13 heavy (non-hydrogen) atoms. The van der Waals surface area contributed by atoms with Gasteiger partial charge in [-0.3, -0.25) is 0 Å². The third-order valence-corrected chi connectivity index (χ3v) is 2.83. The quantitative estimate of drug-likeness (QED) is 0.620. The molecule has 0 radical (unpaired) electrons. The summed E-state index contributed by atoms with van der Waals surface area (Å²) in [4.78, 5) is 0.0533. The van der Waals surface area contributed by atoms with Crippen LogP contribution in [-0.4, -0.2) is 8.42 Å². The van der Waals surface area contributed by atoms with Crippen LogP contribution in [0.2, 0.25) is 0 Å². The zero-order valence-electron chi connectivity index (χ0n) is 6.73. The predicted octanol–water partition coefficient (Wildman–Crippen LogP) is 1.94. The summed E-state index contributed by atoms with van der Waals surface area (Å²) >= 11 is 2.40. The Hall–Kier alpha value is -0.430. The van der Waals surface area contributed by atoms with E-state index in [-0.39, 0.29) is 4.90 Å². The average molecular weight is 267 g/mol. The highest BCUT2D eigenvalue weighted by Crippen LogP contribution is 2.13. The molecule has 0 aromatic heterocycles. The van der Waals surface area contributed by atoms with Gasteiger partial charge in [-0.2, -0.15) is 8.42 Å². The molecular weight excluding hydrogens is 260 g/mol. The van der Waals surface area contributed by atoms with Crippen LogP contribution in [0.3, 0.4) is 0 Å². The first-order valence-electron chi connectivity index (χ1n) is 3.35. The summed E-state index contributed by atoms with van der Waals surface area (Å²) < 4.78 is 30.3. The minimum absolute atomic E-state index is 0.0533. The van der Waals surface area contributed by atoms with Gasteiger partial charge in [0.15, 0.2) is 0 Å². The van der Waals surface area contributed by atoms with Crippen molar-refractivity contribution in [3.8, 4) is 0 Å². The first-order chi connectivity index (χ1) is 6.06. The van der Waals surface area contributed by atoms with Crippen molar-refractivity contribution < 1.29 is 16.7 Å². The van der Waals surface area contributed by atoms with E-state index in [0.717, 1.165) is 5.56 Å². The lowest BCUT2D eigenvalue weighted by atomic mass is 10.2. The maximum atomic E-state index is 11.2. The van der Waals surface area contributed by atoms with E-state index in [9.17, 15) is 8.42 Å². The minimum Gasteiger partial charge on any atom is -0.192 e. The molecule has 0 aliphatic heterocycles. The Bertz CT molecular complexity index is 370. The number of hydrogen-bond donors (Lipinski definition) is 0. The van der Waals surface area contributed by atoms with Crippen LogP contribution >= 0.6 is 16.3 Å². The van der Waals surface area contributed by atoms with Gasteiger partial charge in [-0.05, 0) is 19.1 Å². The molecule has 0 bridgehead atoms. The van der Waals surface area contributed by atoms with Crippen molar-refractivity contribution in [1.82, 2.24) is 0 Å². The van der Waals surface area contributed by atoms with Gasteiger partial charge in [0.2, 0.25) is 0 Å². The summed E-state index contributed by atoms with van der Waals surface area (Å²) in [7, 11) is -3.80. The van der Waals surface area contributed by atoms with Crippen LogP contribution in [0.4, 0.5) is 0 Å². The molecule has 1 aromatic rings. The van der Waals surface area contributed by atoms with Crippen LogP contribution in [0.5, 0.6) is 0 Å². The third kappa shape index (κ3) is 2.77. The van der Waals surface area contributed by atoms with Gasteiger partial charge in [-0.25, -0.2) is 0 Å². The Morgan fingerprint density at radius 3 is 2.23 bits per heavy atom. The van der Waals surface area contributed by atoms with E-state index in [1.807, 2.05) is 6.92 Å². The van der Waals surface area contributed by atoms with Gasteiger partial charge >= 0.3 is 10.1 Å². The van der Waals surface area contributed by atoms with Gasteiger partial charge < -0.3 is 0 Å². The van der Waals surface area contributed by atoms with E-state index >= 15 is 0 Å². The molecule has 0 aliphatic rings. The van der Waals surface area contributed by atoms with Crippen molar-refractivity contribution in [3.63, 3.8) is 0 Å². The van der Waals surface area contributed by atoms with Gasteiger partial charge in [0, 0.05) is 0 Å². The first-order valence-corrected chi connectivity index (χ1v) is 5.40. The Kier molecular flexibility index (Phi) is 3.43. The molecule has 0 fully saturated rings. The SMILES string of the molecule is Cc1ccc(S(=O)(=O)OOBr)cc1. The smallest absolute Gasteiger partial charge is 0.192 e. The van der Waals surface area contributed by atoms with Crippen molar-refractivity contribution in [2.75, 3.05) is 0 Å². The van der Waals surface area contributed by atoms with E-state index in [2.05, 4.69) is 24.6 Å². The van der Waals surface area contributed by atoms with E-state index < -0.39 is 10.1 Å². The molecule has 6 heteroatoms. The number of rotatable bonds is 3. The maximum absolute atomic E-state index is 11.2. The molecule has 0 saturated heterocycles. The third-order valence-electron chi connectivity index (χ3n) is 1.42. The first kappa shape index (κ1) is 10.6. The second-order valence-corrected chi connectivity index (χ2v) is 4.18. The van der Waals surface area contributed by atoms with Crippen molar-refractivity contribution >= 4 is 26.4 Å². The molecule has 0 saturated carbocycles. The van der Waals surface area contributed by atoms with Crippen LogP contribution in [0.25, 0.3) is 0 Å². The van der Waals surface area contributed by atoms with Gasteiger partial charge in [-0.15, -0.1) is 3.98 Å². The van der Waals surface area contributed by atoms with Gasteiger partial charge in [0.25, 0.3) is 0 Å². The van der Waals surface area contributed by atoms with E-state index in [0.29, 0.717) is 0 Å². The molecule has 0 aliphatic carbocycles. The van der Waals surface area contributed by atoms with Crippen LogP contribution in [0.15, 0.2) is 29.2 Å². The van der Waals surface area contributed by atoms with Crippen molar-refractivity contribution in [1.29, 1.82) is 0 Å². The monoisotopic (exact) mass is 266 g/mol. The summed E-state index contributed by atoms with van der Waals surface area (Å²) in [6.07, 6.45) is 0. The zero-order valence-corrected chi connectivity index (χ0v) is 9.13. The Balaban J connectivity index is 3.02. The zero-order chi connectivity index (χ0) is 9.90. The van der Waals surface area contributed by atoms with Gasteiger partial charge in [0.1, 0.15) is 16.3 Å². The number of benzene rings is 1. The molecular formula is C7H7BrO4S. The summed E-state index contributed by atoms with van der Waals surface area (Å²) in [5.74, 6) is 0. The van der Waals surface area contributed by atoms with Crippen molar-refractivity contribution in [2.24, 2.45) is 0 Å². The minimum atomic E-state index is -3.80. The van der Waals surface area contributed by atoms with Crippen molar-refractivity contribution in [2.45, 2.75) is 11.8 Å². The highest BCUT2D eigenvalue weighted by atomic mass is 79.9. The second-order valence-electron chi connectivity index (χ2n) is 2.40. The van der Waals surface area contributed by atoms with Crippen LogP contribution < -0.4 is 0 Å². The van der Waals surface area contributed by atoms with E-state index in [1.54, 1.807) is 12.1 Å². The fraction of sp³-hybridized carbons (Fsp3) is 0.143. The number of halogens is 1. The summed E-state index contributed by atoms with van der Waals surface area (Å²) in [6, 6.07) is 6.22. The highest BCUT2D eigenvalue weighted by Gasteiger charge is 2.15. The molecule has 1 rings (SSSR count). The standard InChI is InChI=1S/C7H7BrO4S/c1-6-2-4-7(5-3-6)13(9,10)12-11-8/h2-5H,1H3. The highest BCUT2D eigenvalue weighted by molar-refractivity contribution is 9.05. The summed E-state index contributed by atoms with van der Waals surface area (Å²) in [5, 5.41) is 0. The molecule has 0 atom stereocenters. The molecule has 1 aromatic carbocycles. The fourth-order valence-electron chi connectivity index (χ4n) is 0.778. The lowest BCUT2D eigenvalue weighted by Crippen LogP contribution is -2.03. The van der Waals surface area contributed by atoms with Crippen LogP contribution in [0, 0.1) is 6.92 Å². The summed E-state index contributed by atoms with van der Waals surface area (Å²) in [6.45, 7) is 1.86. The van der Waals surface area contributed by atoms with Crippen LogP contribution in [0.1, 0.15) is 5.56 Å². The largest absolute Gasteiger partial charge is 0.324 e. The Labute approximate surface area is 85.0 Å². The molecule has 0 spiro atoms. The van der Waals surface area contributed by atoms with E-state index in [1.165, 1.54) is 12.1 Å². The molecule has 0 unspecified atom stereocenters. The number of aryl methyl sites for hydroxylation is 1. The molecule has 72 valence electrons. The molecule has 0 amide bonds. The molecule has 0 heterocycles. The molecule has 0 N–H and O–H groups in total. The summed E-state index contributed by atoms with van der Waals surface area (Å²) in [5.41, 5.74) is 0.971. The van der Waals surface area contributed by atoms with Crippen LogP contribution in [-0.2, 0) is 18.4 Å². The lowest BCUT2D eigenvalue weighted by Gasteiger charge is -2.00. The van der Waals surface area contributed by atoms with E-state index in [4.69, 9.17) is 0 Å². The van der Waals surface area contributed by atoms with Gasteiger partial charge in [-0.1, -0.05) is 22.0 Å². The maximum Gasteiger partial charge on any atom is 0.324 e. The normalized spacial score (nSPS) is 11.5. The van der Waals surface area contributed by atoms with Crippen molar-refractivity contribution in [3.05, 3.63) is 29.8 Å². The molecule has 4 nitrogen and oxygen atoms in total. The Morgan fingerprint density at radius 2 is 1.77 bits per heavy atom. The Morgan fingerprint density at radius 1 is 1.23 bits per heavy atom. The fourth-order valence-corrected chi connectivity index (χ4v) is 1.82. The van der Waals surface area contributed by atoms with Gasteiger partial charge in [0.05, 0.1) is 4.90 Å². The second kappa shape index (κ2) is 4.19. The predicted molar refractivity (Wildman–Crippen MR) is 49.5 cm³/mol. The topological polar surface area (TPSA) is 52.6 Å². The lowest BCUT2D eigenvalue weighted by molar-refractivity contribution is -0.0571. The number of hydrogen-bond acceptors (Lipinski definition) is 4.